The maximum atomic E-state index is 12.8. The van der Waals surface area contributed by atoms with Gasteiger partial charge in [-0.3, -0.25) is 0 Å². The average Bonchev–Trinajstić information content (AvgIpc) is 2.56. The Balaban J connectivity index is 2.31. The molecule has 0 saturated heterocycles. The summed E-state index contributed by atoms with van der Waals surface area (Å²) in [5, 5.41) is 0. The summed E-state index contributed by atoms with van der Waals surface area (Å²) >= 11 is 0. The number of methoxy groups -OCH3 is 1. The van der Waals surface area contributed by atoms with E-state index in [1.54, 1.807) is 39.0 Å². The van der Waals surface area contributed by atoms with Crippen molar-refractivity contribution in [1.29, 1.82) is 0 Å². The van der Waals surface area contributed by atoms with E-state index in [0.717, 1.165) is 11.8 Å². The lowest BCUT2D eigenvalue weighted by Gasteiger charge is -2.18. The van der Waals surface area contributed by atoms with Gasteiger partial charge in [-0.1, -0.05) is 12.1 Å². The quantitative estimate of drug-likeness (QED) is 0.809. The molecule has 0 radical (unpaired) electrons. The number of sulfone groups is 1. The number of sulfonamides is 1. The molecule has 26 heavy (non-hydrogen) atoms. The van der Waals surface area contributed by atoms with Gasteiger partial charge in [0.05, 0.1) is 16.9 Å². The minimum atomic E-state index is -3.75. The number of rotatable bonds is 6. The highest BCUT2D eigenvalue weighted by Gasteiger charge is 2.22. The molecule has 142 valence electrons. The first-order chi connectivity index (χ1) is 12.0. The van der Waals surface area contributed by atoms with Gasteiger partial charge in [-0.05, 0) is 61.7 Å². The Labute approximate surface area is 155 Å². The van der Waals surface area contributed by atoms with E-state index in [4.69, 9.17) is 4.74 Å². The van der Waals surface area contributed by atoms with Crippen LogP contribution in [0.4, 0.5) is 0 Å². The smallest absolute Gasteiger partial charge is 0.241 e. The molecule has 2 aromatic rings. The lowest BCUT2D eigenvalue weighted by molar-refractivity contribution is 0.410. The zero-order valence-electron chi connectivity index (χ0n) is 15.4. The Hall–Kier alpha value is -1.90. The van der Waals surface area contributed by atoms with Crippen LogP contribution in [0.3, 0.4) is 0 Å². The van der Waals surface area contributed by atoms with Crippen molar-refractivity contribution in [3.63, 3.8) is 0 Å². The summed E-state index contributed by atoms with van der Waals surface area (Å²) < 4.78 is 56.4. The SMILES string of the molecule is COc1ccc(S(=O)(=O)N[C@H](C)c2ccc(S(C)(=O)=O)cc2)c(C)c1C. The third kappa shape index (κ3) is 4.25. The van der Waals surface area contributed by atoms with Crippen molar-refractivity contribution in [2.24, 2.45) is 0 Å². The van der Waals surface area contributed by atoms with E-state index in [1.165, 1.54) is 25.3 Å². The van der Waals surface area contributed by atoms with Crippen molar-refractivity contribution >= 4 is 19.9 Å². The maximum Gasteiger partial charge on any atom is 0.241 e. The van der Waals surface area contributed by atoms with Gasteiger partial charge in [-0.15, -0.1) is 0 Å². The second-order valence-corrected chi connectivity index (χ2v) is 9.90. The molecular formula is C18H23NO5S2. The zero-order chi connectivity index (χ0) is 19.7. The molecule has 0 saturated carbocycles. The summed E-state index contributed by atoms with van der Waals surface area (Å²) in [4.78, 5) is 0.383. The molecule has 0 fully saturated rings. The summed E-state index contributed by atoms with van der Waals surface area (Å²) in [5.41, 5.74) is 2.06. The van der Waals surface area contributed by atoms with Crippen LogP contribution < -0.4 is 9.46 Å². The fourth-order valence-electron chi connectivity index (χ4n) is 2.65. The Morgan fingerprint density at radius 3 is 2.00 bits per heavy atom. The van der Waals surface area contributed by atoms with E-state index in [-0.39, 0.29) is 9.79 Å². The van der Waals surface area contributed by atoms with E-state index >= 15 is 0 Å². The molecule has 0 spiro atoms. The molecular weight excluding hydrogens is 374 g/mol. The standard InChI is InChI=1S/C18H23NO5S2/c1-12-13(2)18(11-10-17(12)24-4)26(22,23)19-14(3)15-6-8-16(9-7-15)25(5,20)21/h6-11,14,19H,1-5H3/t14-/m1/s1. The number of hydrogen-bond acceptors (Lipinski definition) is 5. The predicted octanol–water partition coefficient (Wildman–Crippen LogP) is 2.76. The molecule has 2 aromatic carbocycles. The van der Waals surface area contributed by atoms with Gasteiger partial charge in [0.1, 0.15) is 5.75 Å². The Kier molecular flexibility index (Phi) is 5.79. The highest BCUT2D eigenvalue weighted by atomic mass is 32.2. The number of ether oxygens (including phenoxy) is 1. The summed E-state index contributed by atoms with van der Waals surface area (Å²) in [6.07, 6.45) is 1.13. The second kappa shape index (κ2) is 7.38. The molecule has 0 aliphatic heterocycles. The van der Waals surface area contributed by atoms with Crippen LogP contribution in [0.15, 0.2) is 46.2 Å². The molecule has 0 heterocycles. The van der Waals surface area contributed by atoms with Crippen LogP contribution in [-0.2, 0) is 19.9 Å². The number of nitrogens with one attached hydrogen (secondary N) is 1. The highest BCUT2D eigenvalue weighted by Crippen LogP contribution is 2.28. The van der Waals surface area contributed by atoms with Gasteiger partial charge in [-0.25, -0.2) is 21.6 Å². The molecule has 2 rings (SSSR count). The second-order valence-electron chi connectivity index (χ2n) is 6.20. The molecule has 0 aromatic heterocycles. The normalized spacial score (nSPS) is 13.4. The van der Waals surface area contributed by atoms with Crippen LogP contribution >= 0.6 is 0 Å². The summed E-state index contributed by atoms with van der Waals surface area (Å²) in [6, 6.07) is 8.78. The average molecular weight is 398 g/mol. The van der Waals surface area contributed by atoms with E-state index < -0.39 is 25.9 Å². The van der Waals surface area contributed by atoms with Gasteiger partial charge in [0.25, 0.3) is 0 Å². The molecule has 1 atom stereocenters. The number of hydrogen-bond donors (Lipinski definition) is 1. The summed E-state index contributed by atoms with van der Waals surface area (Å²) in [7, 11) is -5.50. The molecule has 0 bridgehead atoms. The van der Waals surface area contributed by atoms with Crippen LogP contribution in [0.5, 0.6) is 5.75 Å². The lowest BCUT2D eigenvalue weighted by atomic mass is 10.1. The van der Waals surface area contributed by atoms with Gasteiger partial charge in [-0.2, -0.15) is 0 Å². The van der Waals surface area contributed by atoms with Crippen molar-refractivity contribution in [3.05, 3.63) is 53.1 Å². The zero-order valence-corrected chi connectivity index (χ0v) is 17.0. The van der Waals surface area contributed by atoms with Gasteiger partial charge < -0.3 is 4.74 Å². The minimum absolute atomic E-state index is 0.190. The van der Waals surface area contributed by atoms with Crippen molar-refractivity contribution < 1.29 is 21.6 Å². The lowest BCUT2D eigenvalue weighted by Crippen LogP contribution is -2.27. The first-order valence-corrected chi connectivity index (χ1v) is 11.3. The van der Waals surface area contributed by atoms with E-state index in [1.807, 2.05) is 0 Å². The molecule has 0 unspecified atom stereocenters. The van der Waals surface area contributed by atoms with Crippen LogP contribution in [-0.4, -0.2) is 30.2 Å². The monoisotopic (exact) mass is 397 g/mol. The Morgan fingerprint density at radius 2 is 1.50 bits per heavy atom. The van der Waals surface area contributed by atoms with E-state index in [9.17, 15) is 16.8 Å². The minimum Gasteiger partial charge on any atom is -0.496 e. The van der Waals surface area contributed by atoms with Gasteiger partial charge in [0, 0.05) is 12.3 Å². The van der Waals surface area contributed by atoms with Crippen LogP contribution in [0.25, 0.3) is 0 Å². The van der Waals surface area contributed by atoms with Gasteiger partial charge in [0.15, 0.2) is 9.84 Å². The largest absolute Gasteiger partial charge is 0.496 e. The van der Waals surface area contributed by atoms with E-state index in [0.29, 0.717) is 16.9 Å². The van der Waals surface area contributed by atoms with Crippen LogP contribution in [0.1, 0.15) is 29.7 Å². The molecule has 0 aliphatic carbocycles. The summed E-state index contributed by atoms with van der Waals surface area (Å²) in [5.74, 6) is 0.630. The maximum absolute atomic E-state index is 12.8. The first kappa shape index (κ1) is 20.4. The fraction of sp³-hybridized carbons (Fsp3) is 0.333. The van der Waals surface area contributed by atoms with E-state index in [2.05, 4.69) is 4.72 Å². The summed E-state index contributed by atoms with van der Waals surface area (Å²) in [6.45, 7) is 5.25. The van der Waals surface area contributed by atoms with Crippen molar-refractivity contribution in [2.75, 3.05) is 13.4 Å². The molecule has 0 amide bonds. The molecule has 1 N–H and O–H groups in total. The third-order valence-electron chi connectivity index (χ3n) is 4.34. The van der Waals surface area contributed by atoms with Crippen molar-refractivity contribution in [2.45, 2.75) is 36.6 Å². The first-order valence-electron chi connectivity index (χ1n) is 7.94. The topological polar surface area (TPSA) is 89.5 Å². The van der Waals surface area contributed by atoms with Crippen molar-refractivity contribution in [3.8, 4) is 5.75 Å². The molecule has 6 nitrogen and oxygen atoms in total. The highest BCUT2D eigenvalue weighted by molar-refractivity contribution is 7.90. The number of benzene rings is 2. The van der Waals surface area contributed by atoms with Gasteiger partial charge in [0.2, 0.25) is 10.0 Å². The van der Waals surface area contributed by atoms with Crippen LogP contribution in [0.2, 0.25) is 0 Å². The van der Waals surface area contributed by atoms with Gasteiger partial charge >= 0.3 is 0 Å². The Bertz CT molecular complexity index is 1010. The predicted molar refractivity (Wildman–Crippen MR) is 101 cm³/mol. The Morgan fingerprint density at radius 1 is 0.923 bits per heavy atom. The molecule has 8 heteroatoms. The fourth-order valence-corrected chi connectivity index (χ4v) is 4.81. The third-order valence-corrected chi connectivity index (χ3v) is 7.15. The van der Waals surface area contributed by atoms with Crippen molar-refractivity contribution in [1.82, 2.24) is 4.72 Å². The van der Waals surface area contributed by atoms with Crippen LogP contribution in [0, 0.1) is 13.8 Å². The molecule has 0 aliphatic rings.